The van der Waals surface area contributed by atoms with Crippen molar-refractivity contribution in [3.63, 3.8) is 0 Å². The average Bonchev–Trinajstić information content (AvgIpc) is 2.68. The van der Waals surface area contributed by atoms with Crippen LogP contribution in [0.1, 0.15) is 20.3 Å². The van der Waals surface area contributed by atoms with E-state index in [1.807, 2.05) is 13.8 Å². The predicted molar refractivity (Wildman–Crippen MR) is 104 cm³/mol. The molecule has 1 amide bonds. The summed E-state index contributed by atoms with van der Waals surface area (Å²) in [5.41, 5.74) is -0.187. The molecule has 1 aromatic carbocycles. The molecule has 0 aliphatic heterocycles. The maximum Gasteiger partial charge on any atom is 0.328 e. The molecule has 0 unspecified atom stereocenters. The number of aromatic nitrogens is 2. The Morgan fingerprint density at radius 3 is 2.52 bits per heavy atom. The molecule has 2 rings (SSSR count). The van der Waals surface area contributed by atoms with Gasteiger partial charge in [-0.05, 0) is 30.5 Å². The van der Waals surface area contributed by atoms with Crippen molar-refractivity contribution in [1.82, 2.24) is 15.1 Å². The van der Waals surface area contributed by atoms with Crippen molar-refractivity contribution in [3.8, 4) is 17.0 Å². The topological polar surface area (TPSA) is 99.5 Å². The first kappa shape index (κ1) is 22.1. The van der Waals surface area contributed by atoms with E-state index < -0.39 is 35.8 Å². The van der Waals surface area contributed by atoms with E-state index in [4.69, 9.17) is 9.47 Å². The Bertz CT molecular complexity index is 942. The van der Waals surface area contributed by atoms with Crippen molar-refractivity contribution >= 4 is 11.9 Å². The normalized spacial score (nSPS) is 11.8. The number of ether oxygens (including phenoxy) is 2. The van der Waals surface area contributed by atoms with Gasteiger partial charge in [0.2, 0.25) is 5.91 Å². The van der Waals surface area contributed by atoms with Gasteiger partial charge in [0.1, 0.15) is 24.2 Å². The van der Waals surface area contributed by atoms with E-state index in [9.17, 15) is 18.8 Å². The Kier molecular flexibility index (Phi) is 7.46. The quantitative estimate of drug-likeness (QED) is 0.672. The van der Waals surface area contributed by atoms with E-state index in [-0.39, 0.29) is 17.2 Å². The van der Waals surface area contributed by atoms with E-state index in [0.29, 0.717) is 12.2 Å². The van der Waals surface area contributed by atoms with Crippen LogP contribution in [0.15, 0.2) is 35.1 Å². The van der Waals surface area contributed by atoms with Crippen LogP contribution in [0.4, 0.5) is 4.39 Å². The number of hydrogen-bond acceptors (Lipinski definition) is 6. The number of esters is 1. The van der Waals surface area contributed by atoms with Crippen LogP contribution in [0.3, 0.4) is 0 Å². The van der Waals surface area contributed by atoms with Crippen LogP contribution in [-0.4, -0.2) is 41.9 Å². The molecule has 1 N–H and O–H groups in total. The van der Waals surface area contributed by atoms with Gasteiger partial charge < -0.3 is 14.8 Å². The highest BCUT2D eigenvalue weighted by Crippen LogP contribution is 2.24. The van der Waals surface area contributed by atoms with Crippen molar-refractivity contribution < 1.29 is 23.5 Å². The van der Waals surface area contributed by atoms with E-state index >= 15 is 0 Å². The summed E-state index contributed by atoms with van der Waals surface area (Å²) < 4.78 is 24.9. The van der Waals surface area contributed by atoms with E-state index in [1.165, 1.54) is 38.5 Å². The van der Waals surface area contributed by atoms with Gasteiger partial charge >= 0.3 is 5.97 Å². The van der Waals surface area contributed by atoms with Crippen LogP contribution in [-0.2, 0) is 20.9 Å². The zero-order valence-electron chi connectivity index (χ0n) is 16.8. The number of methoxy groups -OCH3 is 2. The standard InChI is InChI=1S/C20H24FN3O5/c1-12(2)9-17(20(27)29-4)22-18(25)11-24-19(26)8-7-16(23-24)14-6-5-13(28-3)10-15(14)21/h5-8,10,12,17H,9,11H2,1-4H3,(H,22,25)/t17-/m0/s1. The summed E-state index contributed by atoms with van der Waals surface area (Å²) >= 11 is 0. The molecule has 29 heavy (non-hydrogen) atoms. The number of rotatable bonds is 8. The molecule has 2 aromatic rings. The molecule has 0 aliphatic rings. The van der Waals surface area contributed by atoms with Crippen molar-refractivity contribution in [1.29, 1.82) is 0 Å². The predicted octanol–water partition coefficient (Wildman–Crippen LogP) is 1.76. The molecule has 8 nitrogen and oxygen atoms in total. The third-order valence-electron chi connectivity index (χ3n) is 4.14. The molecule has 0 bridgehead atoms. The Hall–Kier alpha value is -3.23. The number of carbonyl (C=O) groups is 2. The molecule has 0 fully saturated rings. The second-order valence-corrected chi connectivity index (χ2v) is 6.83. The highest BCUT2D eigenvalue weighted by molar-refractivity contribution is 5.84. The maximum atomic E-state index is 14.3. The van der Waals surface area contributed by atoms with Gasteiger partial charge in [0.25, 0.3) is 5.56 Å². The minimum atomic E-state index is -0.828. The molecule has 1 heterocycles. The Balaban J connectivity index is 2.22. The van der Waals surface area contributed by atoms with Gasteiger partial charge in [-0.15, -0.1) is 0 Å². The highest BCUT2D eigenvalue weighted by atomic mass is 19.1. The summed E-state index contributed by atoms with van der Waals surface area (Å²) in [4.78, 5) is 36.3. The Morgan fingerprint density at radius 1 is 1.21 bits per heavy atom. The van der Waals surface area contributed by atoms with Gasteiger partial charge in [-0.1, -0.05) is 13.8 Å². The first-order valence-corrected chi connectivity index (χ1v) is 9.04. The molecule has 0 radical (unpaired) electrons. The molecule has 0 saturated heterocycles. The fourth-order valence-corrected chi connectivity index (χ4v) is 2.74. The van der Waals surface area contributed by atoms with Gasteiger partial charge in [-0.2, -0.15) is 5.10 Å². The monoisotopic (exact) mass is 405 g/mol. The summed E-state index contributed by atoms with van der Waals surface area (Å²) in [5.74, 6) is -1.24. The van der Waals surface area contributed by atoms with Crippen LogP contribution in [0.5, 0.6) is 5.75 Å². The number of hydrogen-bond donors (Lipinski definition) is 1. The summed E-state index contributed by atoms with van der Waals surface area (Å²) in [6.07, 6.45) is 0.387. The van der Waals surface area contributed by atoms with Crippen molar-refractivity contribution in [2.45, 2.75) is 32.9 Å². The summed E-state index contributed by atoms with van der Waals surface area (Å²) in [6, 6.07) is 5.98. The molecular formula is C20H24FN3O5. The fraction of sp³-hybridized carbons (Fsp3) is 0.400. The van der Waals surface area contributed by atoms with Gasteiger partial charge in [0.05, 0.1) is 19.9 Å². The van der Waals surface area contributed by atoms with Crippen molar-refractivity contribution in [2.24, 2.45) is 5.92 Å². The fourth-order valence-electron chi connectivity index (χ4n) is 2.74. The molecule has 1 atom stereocenters. The highest BCUT2D eigenvalue weighted by Gasteiger charge is 2.23. The van der Waals surface area contributed by atoms with Gasteiger partial charge in [0.15, 0.2) is 0 Å². The molecule has 9 heteroatoms. The number of carbonyl (C=O) groups excluding carboxylic acids is 2. The van der Waals surface area contributed by atoms with Gasteiger partial charge in [-0.3, -0.25) is 9.59 Å². The lowest BCUT2D eigenvalue weighted by molar-refractivity contribution is -0.145. The van der Waals surface area contributed by atoms with Crippen molar-refractivity contribution in [2.75, 3.05) is 14.2 Å². The summed E-state index contributed by atoms with van der Waals surface area (Å²) in [7, 11) is 2.66. The zero-order chi connectivity index (χ0) is 21.6. The molecule has 156 valence electrons. The minimum Gasteiger partial charge on any atom is -0.497 e. The Morgan fingerprint density at radius 2 is 1.93 bits per heavy atom. The third-order valence-corrected chi connectivity index (χ3v) is 4.14. The molecule has 1 aromatic heterocycles. The SMILES string of the molecule is COC(=O)[C@H](CC(C)C)NC(=O)Cn1nc(-c2ccc(OC)cc2F)ccc1=O. The molecule has 0 spiro atoms. The average molecular weight is 405 g/mol. The maximum absolute atomic E-state index is 14.3. The number of amides is 1. The van der Waals surface area contributed by atoms with Gasteiger partial charge in [0, 0.05) is 17.7 Å². The first-order chi connectivity index (χ1) is 13.7. The second-order valence-electron chi connectivity index (χ2n) is 6.83. The first-order valence-electron chi connectivity index (χ1n) is 9.04. The van der Waals surface area contributed by atoms with Crippen LogP contribution in [0.2, 0.25) is 0 Å². The Labute approximate surface area is 167 Å². The smallest absolute Gasteiger partial charge is 0.328 e. The zero-order valence-corrected chi connectivity index (χ0v) is 16.8. The number of nitrogens with one attached hydrogen (secondary N) is 1. The van der Waals surface area contributed by atoms with E-state index in [0.717, 1.165) is 4.68 Å². The van der Waals surface area contributed by atoms with Crippen LogP contribution in [0.25, 0.3) is 11.3 Å². The third kappa shape index (κ3) is 5.87. The largest absolute Gasteiger partial charge is 0.497 e. The van der Waals surface area contributed by atoms with Crippen LogP contribution in [0, 0.1) is 11.7 Å². The molecule has 0 aliphatic carbocycles. The number of halogens is 1. The molecular weight excluding hydrogens is 381 g/mol. The molecule has 0 saturated carbocycles. The lowest BCUT2D eigenvalue weighted by Crippen LogP contribution is -2.44. The minimum absolute atomic E-state index is 0.140. The second kappa shape index (κ2) is 9.81. The lowest BCUT2D eigenvalue weighted by atomic mass is 10.0. The summed E-state index contributed by atoms with van der Waals surface area (Å²) in [5, 5.41) is 6.64. The summed E-state index contributed by atoms with van der Waals surface area (Å²) in [6.45, 7) is 3.39. The lowest BCUT2D eigenvalue weighted by Gasteiger charge is -2.18. The van der Waals surface area contributed by atoms with Crippen LogP contribution >= 0.6 is 0 Å². The van der Waals surface area contributed by atoms with Crippen LogP contribution < -0.4 is 15.6 Å². The number of nitrogens with zero attached hydrogens (tertiary/aromatic N) is 2. The van der Waals surface area contributed by atoms with E-state index in [2.05, 4.69) is 10.4 Å². The number of benzene rings is 1. The van der Waals surface area contributed by atoms with Crippen molar-refractivity contribution in [3.05, 3.63) is 46.5 Å². The van der Waals surface area contributed by atoms with E-state index in [1.54, 1.807) is 6.07 Å². The van der Waals surface area contributed by atoms with Gasteiger partial charge in [-0.25, -0.2) is 13.9 Å².